The van der Waals surface area contributed by atoms with Gasteiger partial charge < -0.3 is 34.7 Å². The molecule has 0 radical (unpaired) electrons. The summed E-state index contributed by atoms with van der Waals surface area (Å²) in [7, 11) is 1.68. The molecule has 3 amide bonds. The molecule has 0 fully saturated rings. The molecule has 0 saturated heterocycles. The van der Waals surface area contributed by atoms with Crippen LogP contribution in [-0.2, 0) is 18.3 Å². The molecule has 0 aliphatic carbocycles. The quantitative estimate of drug-likeness (QED) is 0.518. The van der Waals surface area contributed by atoms with Crippen molar-refractivity contribution in [3.63, 3.8) is 0 Å². The Kier molecular flexibility index (Phi) is 7.88. The fourth-order valence-electron chi connectivity index (χ4n) is 2.14. The molecule has 1 heterocycles. The molecule has 4 N–H and O–H groups in total. The predicted molar refractivity (Wildman–Crippen MR) is 98.4 cm³/mol. The van der Waals surface area contributed by atoms with E-state index in [2.05, 4.69) is 31.6 Å². The Hall–Kier alpha value is -2.50. The summed E-state index contributed by atoms with van der Waals surface area (Å²) in [6.07, 6.45) is -1.53. The van der Waals surface area contributed by atoms with Gasteiger partial charge in [0, 0.05) is 38.8 Å². The van der Waals surface area contributed by atoms with Crippen molar-refractivity contribution in [3.8, 4) is 0 Å². The van der Waals surface area contributed by atoms with E-state index in [-0.39, 0.29) is 25.3 Å². The van der Waals surface area contributed by atoms with Crippen LogP contribution in [0.5, 0.6) is 0 Å². The first kappa shape index (κ1) is 22.5. The second-order valence-electron chi connectivity index (χ2n) is 6.79. The van der Waals surface area contributed by atoms with E-state index < -0.39 is 29.8 Å². The third-order valence-corrected chi connectivity index (χ3v) is 4.00. The number of nitrogens with one attached hydrogen (secondary N) is 2. The number of halogens is 1. The number of carbonyl (C=O) groups is 3. The third-order valence-electron chi connectivity index (χ3n) is 3.26. The Morgan fingerprint density at radius 1 is 1.22 bits per heavy atom. The Labute approximate surface area is 164 Å². The number of aromatic nitrogens is 2. The van der Waals surface area contributed by atoms with E-state index in [1.165, 1.54) is 0 Å². The van der Waals surface area contributed by atoms with Gasteiger partial charge in [-0.3, -0.25) is 0 Å². The van der Waals surface area contributed by atoms with Gasteiger partial charge in [0.15, 0.2) is 0 Å². The van der Waals surface area contributed by atoms with Crippen LogP contribution < -0.4 is 16.3 Å². The minimum Gasteiger partial charge on any atom is -0.465 e. The van der Waals surface area contributed by atoms with E-state index in [4.69, 9.17) is 14.9 Å². The highest BCUT2D eigenvalue weighted by Gasteiger charge is 2.18. The lowest BCUT2D eigenvalue weighted by Crippen LogP contribution is -2.39. The highest BCUT2D eigenvalue weighted by molar-refractivity contribution is 9.10. The maximum atomic E-state index is 12.0. The Balaban J connectivity index is 3.11. The molecule has 0 aliphatic heterocycles. The minimum absolute atomic E-state index is 0.0149. The molecule has 0 unspecified atom stereocenters. The lowest BCUT2D eigenvalue weighted by atomic mass is 10.1. The number of hydrogen-bond acceptors (Lipinski definition) is 4. The number of ether oxygens (including phenoxy) is 1. The van der Waals surface area contributed by atoms with Crippen LogP contribution in [0.25, 0.3) is 0 Å². The molecule has 0 bridgehead atoms. The lowest BCUT2D eigenvalue weighted by Gasteiger charge is -2.18. The first-order valence-corrected chi connectivity index (χ1v) is 8.81. The van der Waals surface area contributed by atoms with Crippen molar-refractivity contribution in [2.75, 3.05) is 13.1 Å². The largest absolute Gasteiger partial charge is 0.465 e. The first-order chi connectivity index (χ1) is 12.4. The summed E-state index contributed by atoms with van der Waals surface area (Å²) < 4.78 is 9.05. The average molecular weight is 450 g/mol. The standard InChI is InChI=1S/C15H24BrN5O6/c1-15(2,3)27-14(26)19-11-20(4)10(16)8-21(11)7-9(5-17-12(22)23)6-18-13(24)25/h8-9,17-18H,5-7H2,1-4H3,(H,22,23)(H,24,25). The fourth-order valence-corrected chi connectivity index (χ4v) is 2.55. The van der Waals surface area contributed by atoms with E-state index in [1.54, 1.807) is 43.1 Å². The van der Waals surface area contributed by atoms with Gasteiger partial charge in [0.25, 0.3) is 0 Å². The van der Waals surface area contributed by atoms with Gasteiger partial charge in [0.2, 0.25) is 5.62 Å². The predicted octanol–water partition coefficient (Wildman–Crippen LogP) is 1.58. The van der Waals surface area contributed by atoms with Crippen LogP contribution in [0.1, 0.15) is 20.8 Å². The smallest absolute Gasteiger partial charge is 0.437 e. The van der Waals surface area contributed by atoms with E-state index in [0.717, 1.165) is 0 Å². The van der Waals surface area contributed by atoms with Crippen molar-refractivity contribution in [1.29, 1.82) is 0 Å². The number of rotatable bonds is 6. The minimum atomic E-state index is -1.21. The third kappa shape index (κ3) is 8.15. The van der Waals surface area contributed by atoms with Gasteiger partial charge in [-0.1, -0.05) is 0 Å². The van der Waals surface area contributed by atoms with Crippen molar-refractivity contribution < 1.29 is 29.3 Å². The zero-order valence-electron chi connectivity index (χ0n) is 15.5. The molecule has 27 heavy (non-hydrogen) atoms. The summed E-state index contributed by atoms with van der Waals surface area (Å²) in [6, 6.07) is 0. The van der Waals surface area contributed by atoms with Crippen molar-refractivity contribution in [1.82, 2.24) is 19.8 Å². The van der Waals surface area contributed by atoms with E-state index >= 15 is 0 Å². The van der Waals surface area contributed by atoms with E-state index in [0.29, 0.717) is 4.60 Å². The van der Waals surface area contributed by atoms with Gasteiger partial charge >= 0.3 is 18.3 Å². The fraction of sp³-hybridized carbons (Fsp3) is 0.600. The molecule has 1 aromatic rings. The molecule has 12 heteroatoms. The maximum absolute atomic E-state index is 12.0. The van der Waals surface area contributed by atoms with Crippen LogP contribution in [-0.4, -0.2) is 56.3 Å². The Bertz CT molecular complexity index is 746. The summed E-state index contributed by atoms with van der Waals surface area (Å²) in [4.78, 5) is 37.5. The number of imidazole rings is 1. The highest BCUT2D eigenvalue weighted by Crippen LogP contribution is 2.10. The number of carboxylic acid groups (broad SMARTS) is 2. The van der Waals surface area contributed by atoms with Gasteiger partial charge in [-0.15, -0.1) is 4.99 Å². The van der Waals surface area contributed by atoms with Gasteiger partial charge in [-0.05, 0) is 36.7 Å². The Morgan fingerprint density at radius 2 is 1.74 bits per heavy atom. The Morgan fingerprint density at radius 3 is 2.19 bits per heavy atom. The molecule has 11 nitrogen and oxygen atoms in total. The lowest BCUT2D eigenvalue weighted by molar-refractivity contribution is 0.0593. The second-order valence-corrected chi connectivity index (χ2v) is 7.61. The van der Waals surface area contributed by atoms with E-state index in [1.807, 2.05) is 0 Å². The van der Waals surface area contributed by atoms with Crippen molar-refractivity contribution >= 4 is 34.2 Å². The monoisotopic (exact) mass is 449 g/mol. The molecule has 0 atom stereocenters. The summed E-state index contributed by atoms with van der Waals surface area (Å²) >= 11 is 3.34. The van der Waals surface area contributed by atoms with Gasteiger partial charge in [0.1, 0.15) is 10.2 Å². The van der Waals surface area contributed by atoms with Crippen LogP contribution in [0.2, 0.25) is 0 Å². The molecule has 1 aromatic heterocycles. The summed E-state index contributed by atoms with van der Waals surface area (Å²) in [5, 5.41) is 22.0. The molecule has 0 aromatic carbocycles. The number of amides is 3. The van der Waals surface area contributed by atoms with Crippen LogP contribution >= 0.6 is 15.9 Å². The molecule has 1 rings (SSSR count). The van der Waals surface area contributed by atoms with Gasteiger partial charge in [-0.25, -0.2) is 14.4 Å². The molecule has 0 aliphatic rings. The van der Waals surface area contributed by atoms with Crippen LogP contribution in [0.3, 0.4) is 0 Å². The molecule has 152 valence electrons. The maximum Gasteiger partial charge on any atom is 0.437 e. The highest BCUT2D eigenvalue weighted by atomic mass is 79.9. The van der Waals surface area contributed by atoms with Crippen molar-refractivity contribution in [2.45, 2.75) is 32.9 Å². The topological polar surface area (TPSA) is 147 Å². The zero-order chi connectivity index (χ0) is 20.8. The van der Waals surface area contributed by atoms with Crippen LogP contribution in [0.15, 0.2) is 15.8 Å². The SMILES string of the molecule is Cn1c(Br)cn(CC(CNC(=O)O)CNC(=O)O)c1=NC(=O)OC(C)(C)C. The summed E-state index contributed by atoms with van der Waals surface area (Å²) in [5.41, 5.74) is -0.431. The van der Waals surface area contributed by atoms with E-state index in [9.17, 15) is 14.4 Å². The van der Waals surface area contributed by atoms with Crippen molar-refractivity contribution in [3.05, 3.63) is 16.4 Å². The van der Waals surface area contributed by atoms with Crippen LogP contribution in [0, 0.1) is 5.92 Å². The van der Waals surface area contributed by atoms with Crippen molar-refractivity contribution in [2.24, 2.45) is 18.0 Å². The molecular weight excluding hydrogens is 426 g/mol. The number of nitrogens with zero attached hydrogens (tertiary/aromatic N) is 3. The normalized spacial score (nSPS) is 12.1. The van der Waals surface area contributed by atoms with Gasteiger partial charge in [-0.2, -0.15) is 0 Å². The zero-order valence-corrected chi connectivity index (χ0v) is 17.1. The molecule has 0 saturated carbocycles. The molecular formula is C15H24BrN5O6. The summed E-state index contributed by atoms with van der Waals surface area (Å²) in [6.45, 7) is 5.41. The second kappa shape index (κ2) is 9.44. The molecule has 0 spiro atoms. The van der Waals surface area contributed by atoms with Gasteiger partial charge in [0.05, 0.1) is 0 Å². The summed E-state index contributed by atoms with van der Waals surface area (Å²) in [5.74, 6) is -0.413. The van der Waals surface area contributed by atoms with Crippen LogP contribution in [0.4, 0.5) is 14.4 Å². The average Bonchev–Trinajstić information content (AvgIpc) is 2.75. The first-order valence-electron chi connectivity index (χ1n) is 8.02. The number of hydrogen-bond donors (Lipinski definition) is 4. The number of carbonyl (C=O) groups excluding carboxylic acids is 1.